The lowest BCUT2D eigenvalue weighted by molar-refractivity contribution is 0.475. The highest BCUT2D eigenvalue weighted by molar-refractivity contribution is 7.80. The molecule has 148 valence electrons. The van der Waals surface area contributed by atoms with Crippen molar-refractivity contribution in [3.8, 4) is 11.5 Å². The Hall–Kier alpha value is -3.97. The zero-order valence-corrected chi connectivity index (χ0v) is 16.6. The van der Waals surface area contributed by atoms with Crippen LogP contribution in [0.4, 0.5) is 0 Å². The van der Waals surface area contributed by atoms with E-state index in [0.29, 0.717) is 11.1 Å². The molecule has 0 aliphatic heterocycles. The first-order valence-corrected chi connectivity index (χ1v) is 9.58. The molecule has 4 rings (SSSR count). The topological polar surface area (TPSA) is 89.2 Å². The highest BCUT2D eigenvalue weighted by atomic mass is 32.1. The van der Waals surface area contributed by atoms with Crippen molar-refractivity contribution in [2.45, 2.75) is 0 Å². The summed E-state index contributed by atoms with van der Waals surface area (Å²) in [4.78, 5) is 0. The lowest BCUT2D eigenvalue weighted by Crippen LogP contribution is -2.28. The molecule has 0 aliphatic carbocycles. The molecule has 4 N–H and O–H groups in total. The van der Waals surface area contributed by atoms with Gasteiger partial charge in [0.25, 0.3) is 0 Å². The van der Waals surface area contributed by atoms with E-state index in [4.69, 9.17) is 12.2 Å². The molecule has 0 saturated heterocycles. The predicted octanol–water partition coefficient (Wildman–Crippen LogP) is 4.24. The molecule has 0 radical (unpaired) electrons. The largest absolute Gasteiger partial charge is 0.507 e. The van der Waals surface area contributed by atoms with Crippen LogP contribution in [0.25, 0.3) is 21.5 Å². The highest BCUT2D eigenvalue weighted by Gasteiger charge is 2.05. The Bertz CT molecular complexity index is 1200. The summed E-state index contributed by atoms with van der Waals surface area (Å²) in [5.41, 5.74) is 6.51. The minimum absolute atomic E-state index is 0.127. The van der Waals surface area contributed by atoms with Gasteiger partial charge in [0.05, 0.1) is 12.4 Å². The average Bonchev–Trinajstić information content (AvgIpc) is 2.77. The normalized spacial score (nSPS) is 11.5. The van der Waals surface area contributed by atoms with Gasteiger partial charge in [0.2, 0.25) is 5.11 Å². The number of nitrogens with zero attached hydrogens (tertiary/aromatic N) is 2. The van der Waals surface area contributed by atoms with Gasteiger partial charge in [0, 0.05) is 11.1 Å². The smallest absolute Gasteiger partial charge is 0.207 e. The van der Waals surface area contributed by atoms with E-state index in [9.17, 15) is 10.2 Å². The van der Waals surface area contributed by atoms with Crippen LogP contribution in [0.1, 0.15) is 11.1 Å². The summed E-state index contributed by atoms with van der Waals surface area (Å²) in [6, 6.07) is 22.4. The molecule has 0 aliphatic rings. The maximum atomic E-state index is 10.1. The van der Waals surface area contributed by atoms with E-state index in [-0.39, 0.29) is 16.6 Å². The summed E-state index contributed by atoms with van der Waals surface area (Å²) >= 11 is 5.17. The minimum Gasteiger partial charge on any atom is -0.507 e. The summed E-state index contributed by atoms with van der Waals surface area (Å²) < 4.78 is 0. The van der Waals surface area contributed by atoms with Gasteiger partial charge in [0.1, 0.15) is 11.5 Å². The number of hydrogen-bond donors (Lipinski definition) is 4. The van der Waals surface area contributed by atoms with Crippen molar-refractivity contribution in [1.29, 1.82) is 0 Å². The molecular weight excluding hydrogens is 396 g/mol. The number of fused-ring (bicyclic) bond motifs is 2. The molecule has 4 aromatic rings. The van der Waals surface area contributed by atoms with Gasteiger partial charge < -0.3 is 10.2 Å². The second-order valence-corrected chi connectivity index (χ2v) is 6.92. The van der Waals surface area contributed by atoms with Crippen LogP contribution in [-0.4, -0.2) is 27.8 Å². The van der Waals surface area contributed by atoms with Gasteiger partial charge >= 0.3 is 0 Å². The van der Waals surface area contributed by atoms with Crippen molar-refractivity contribution in [1.82, 2.24) is 10.9 Å². The van der Waals surface area contributed by atoms with E-state index in [1.54, 1.807) is 12.1 Å². The second-order valence-electron chi connectivity index (χ2n) is 6.51. The monoisotopic (exact) mass is 414 g/mol. The Morgan fingerprint density at radius 2 is 1.10 bits per heavy atom. The number of nitrogens with one attached hydrogen (secondary N) is 2. The van der Waals surface area contributed by atoms with Crippen LogP contribution in [0.15, 0.2) is 83.0 Å². The summed E-state index contributed by atoms with van der Waals surface area (Å²) in [5.74, 6) is 0.255. The molecule has 30 heavy (non-hydrogen) atoms. The lowest BCUT2D eigenvalue weighted by Gasteiger charge is -2.06. The Morgan fingerprint density at radius 1 is 0.667 bits per heavy atom. The van der Waals surface area contributed by atoms with E-state index in [1.807, 2.05) is 60.7 Å². The van der Waals surface area contributed by atoms with Crippen LogP contribution in [-0.2, 0) is 0 Å². The maximum absolute atomic E-state index is 10.1. The molecule has 0 spiro atoms. The molecule has 6 nitrogen and oxygen atoms in total. The third-order valence-corrected chi connectivity index (χ3v) is 4.80. The second kappa shape index (κ2) is 8.59. The number of phenols is 2. The lowest BCUT2D eigenvalue weighted by atomic mass is 10.0. The molecule has 4 aromatic carbocycles. The van der Waals surface area contributed by atoms with Crippen LogP contribution in [0.3, 0.4) is 0 Å². The van der Waals surface area contributed by atoms with Crippen LogP contribution < -0.4 is 10.9 Å². The molecule has 0 fully saturated rings. The van der Waals surface area contributed by atoms with E-state index in [1.165, 1.54) is 12.4 Å². The third kappa shape index (κ3) is 4.06. The molecular formula is C23H18N4O2S. The fraction of sp³-hybridized carbons (Fsp3) is 0. The fourth-order valence-electron chi connectivity index (χ4n) is 3.18. The number of thiocarbonyl (C=S) groups is 1. The van der Waals surface area contributed by atoms with Gasteiger partial charge in [-0.25, -0.2) is 0 Å². The Labute approximate surface area is 178 Å². The third-order valence-electron chi connectivity index (χ3n) is 4.61. The van der Waals surface area contributed by atoms with Crippen molar-refractivity contribution in [2.24, 2.45) is 10.2 Å². The molecule has 0 atom stereocenters. The van der Waals surface area contributed by atoms with Gasteiger partial charge in [0.15, 0.2) is 0 Å². The average molecular weight is 414 g/mol. The molecule has 7 heteroatoms. The molecule has 0 bridgehead atoms. The molecule has 0 aromatic heterocycles. The Balaban J connectivity index is 1.44. The molecule has 0 amide bonds. The van der Waals surface area contributed by atoms with Gasteiger partial charge in [-0.2, -0.15) is 10.2 Å². The molecule has 0 unspecified atom stereocenters. The molecule has 0 heterocycles. The van der Waals surface area contributed by atoms with Gasteiger partial charge in [-0.1, -0.05) is 60.7 Å². The number of hydrazone groups is 2. The van der Waals surface area contributed by atoms with Crippen LogP contribution in [0, 0.1) is 0 Å². The predicted molar refractivity (Wildman–Crippen MR) is 125 cm³/mol. The number of phenolic OH excluding ortho intramolecular Hbond substituents is 2. The van der Waals surface area contributed by atoms with Crippen molar-refractivity contribution < 1.29 is 10.2 Å². The fourth-order valence-corrected chi connectivity index (χ4v) is 3.28. The van der Waals surface area contributed by atoms with Crippen molar-refractivity contribution in [2.75, 3.05) is 0 Å². The van der Waals surface area contributed by atoms with E-state index < -0.39 is 0 Å². The summed E-state index contributed by atoms with van der Waals surface area (Å²) in [6.07, 6.45) is 3.01. The van der Waals surface area contributed by atoms with Gasteiger partial charge in [-0.3, -0.25) is 10.9 Å². The highest BCUT2D eigenvalue weighted by Crippen LogP contribution is 2.26. The first-order chi connectivity index (χ1) is 14.6. The zero-order chi connectivity index (χ0) is 20.9. The number of hydrogen-bond acceptors (Lipinski definition) is 5. The van der Waals surface area contributed by atoms with E-state index in [0.717, 1.165) is 21.5 Å². The SMILES string of the molecule is Oc1ccc2ccccc2c1/C=N\NC(=S)N/N=C/c1c(O)ccc2ccccc12. The Morgan fingerprint density at radius 3 is 1.57 bits per heavy atom. The first-order valence-electron chi connectivity index (χ1n) is 9.17. The molecule has 0 saturated carbocycles. The van der Waals surface area contributed by atoms with Crippen LogP contribution in [0.2, 0.25) is 0 Å². The maximum Gasteiger partial charge on any atom is 0.207 e. The van der Waals surface area contributed by atoms with E-state index >= 15 is 0 Å². The number of benzene rings is 4. The quantitative estimate of drug-likeness (QED) is 0.228. The summed E-state index contributed by atoms with van der Waals surface area (Å²) in [7, 11) is 0. The summed E-state index contributed by atoms with van der Waals surface area (Å²) in [6.45, 7) is 0. The standard InChI is InChI=1S/C23H18N4O2S/c28-21-11-9-15-5-1-3-7-17(15)19(21)13-24-26-23(30)27-25-14-20-18-8-4-2-6-16(18)10-12-22(20)29/h1-14,28-29H,(H2,26,27,30)/b24-13-,25-14+. The minimum atomic E-state index is 0.127. The van der Waals surface area contributed by atoms with Crippen LogP contribution in [0.5, 0.6) is 11.5 Å². The first kappa shape index (κ1) is 19.4. The van der Waals surface area contributed by atoms with Gasteiger partial charge in [-0.15, -0.1) is 0 Å². The number of rotatable bonds is 4. The van der Waals surface area contributed by atoms with Crippen molar-refractivity contribution in [3.63, 3.8) is 0 Å². The number of aromatic hydroxyl groups is 2. The van der Waals surface area contributed by atoms with Gasteiger partial charge in [-0.05, 0) is 45.9 Å². The zero-order valence-electron chi connectivity index (χ0n) is 15.8. The van der Waals surface area contributed by atoms with E-state index in [2.05, 4.69) is 21.1 Å². The summed E-state index contributed by atoms with van der Waals surface area (Å²) in [5, 5.41) is 32.4. The van der Waals surface area contributed by atoms with Crippen LogP contribution >= 0.6 is 12.2 Å². The van der Waals surface area contributed by atoms with Crippen molar-refractivity contribution >= 4 is 51.3 Å². The Kier molecular flexibility index (Phi) is 5.54. The van der Waals surface area contributed by atoms with Crippen molar-refractivity contribution in [3.05, 3.63) is 83.9 Å².